The van der Waals surface area contributed by atoms with Crippen LogP contribution in [0, 0.1) is 5.41 Å². The molecule has 2 aromatic rings. The van der Waals surface area contributed by atoms with Gasteiger partial charge >= 0.3 is 6.09 Å². The second-order valence-electron chi connectivity index (χ2n) is 8.07. The number of nitrogens with two attached hydrogens (primary N) is 1. The Morgan fingerprint density at radius 2 is 1.60 bits per heavy atom. The Hall–Kier alpha value is -2.33. The molecule has 2 aromatic carbocycles. The standard InChI is InChI=1S/C21H22N2O2/c22-21-10-20(11-21,12-21)13-23-19(24)25-9-18-16-7-3-1-5-14(16)15-6-2-4-8-17(15)18/h1-8,18H,9-13,22H2,(H,23,24). The molecule has 0 saturated heterocycles. The Kier molecular flexibility index (Phi) is 3.04. The minimum absolute atomic E-state index is 0.0723. The van der Waals surface area contributed by atoms with Crippen molar-refractivity contribution in [2.75, 3.05) is 13.2 Å². The Balaban J connectivity index is 1.24. The van der Waals surface area contributed by atoms with Crippen LogP contribution in [0.4, 0.5) is 4.79 Å². The second kappa shape index (κ2) is 5.09. The van der Waals surface area contributed by atoms with Crippen molar-refractivity contribution >= 4 is 6.09 Å². The third-order valence-electron chi connectivity index (χ3n) is 6.13. The van der Waals surface area contributed by atoms with Crippen LogP contribution in [0.3, 0.4) is 0 Å². The summed E-state index contributed by atoms with van der Waals surface area (Å²) in [5.74, 6) is 0.111. The fourth-order valence-electron chi connectivity index (χ4n) is 5.18. The zero-order valence-corrected chi connectivity index (χ0v) is 14.1. The Labute approximate surface area is 147 Å². The Morgan fingerprint density at radius 3 is 2.16 bits per heavy atom. The maximum absolute atomic E-state index is 12.1. The first-order valence-electron chi connectivity index (χ1n) is 8.95. The van der Waals surface area contributed by atoms with Crippen LogP contribution in [0.5, 0.6) is 0 Å². The van der Waals surface area contributed by atoms with Crippen molar-refractivity contribution in [3.05, 3.63) is 59.7 Å². The van der Waals surface area contributed by atoms with E-state index in [9.17, 15) is 4.79 Å². The number of rotatable bonds is 4. The van der Waals surface area contributed by atoms with Crippen molar-refractivity contribution in [2.45, 2.75) is 30.7 Å². The Bertz CT molecular complexity index is 795. The average molecular weight is 334 g/mol. The summed E-state index contributed by atoms with van der Waals surface area (Å²) in [5.41, 5.74) is 11.4. The van der Waals surface area contributed by atoms with E-state index in [4.69, 9.17) is 10.5 Å². The summed E-state index contributed by atoms with van der Waals surface area (Å²) in [7, 11) is 0. The van der Waals surface area contributed by atoms with Crippen LogP contribution in [0.2, 0.25) is 0 Å². The predicted molar refractivity (Wildman–Crippen MR) is 96.3 cm³/mol. The molecule has 0 unspecified atom stereocenters. The highest BCUT2D eigenvalue weighted by Crippen LogP contribution is 2.65. The lowest BCUT2D eigenvalue weighted by Gasteiger charge is -2.69. The third-order valence-corrected chi connectivity index (χ3v) is 6.13. The van der Waals surface area contributed by atoms with Gasteiger partial charge in [-0.25, -0.2) is 4.79 Å². The van der Waals surface area contributed by atoms with Gasteiger partial charge in [-0.15, -0.1) is 0 Å². The second-order valence-corrected chi connectivity index (χ2v) is 8.07. The monoisotopic (exact) mass is 334 g/mol. The van der Waals surface area contributed by atoms with Gasteiger partial charge in [-0.1, -0.05) is 48.5 Å². The van der Waals surface area contributed by atoms with Crippen LogP contribution in [0.25, 0.3) is 11.1 Å². The van der Waals surface area contributed by atoms with Gasteiger partial charge in [-0.05, 0) is 46.9 Å². The molecule has 25 heavy (non-hydrogen) atoms. The van der Waals surface area contributed by atoms with E-state index in [-0.39, 0.29) is 23.0 Å². The highest BCUT2D eigenvalue weighted by molar-refractivity contribution is 5.79. The van der Waals surface area contributed by atoms with Gasteiger partial charge < -0.3 is 15.8 Å². The van der Waals surface area contributed by atoms with E-state index in [1.54, 1.807) is 0 Å². The molecule has 4 heteroatoms. The van der Waals surface area contributed by atoms with E-state index in [0.29, 0.717) is 13.2 Å². The summed E-state index contributed by atoms with van der Waals surface area (Å²) < 4.78 is 5.56. The van der Waals surface area contributed by atoms with Crippen molar-refractivity contribution in [2.24, 2.45) is 11.1 Å². The number of carbonyl (C=O) groups excluding carboxylic acids is 1. The van der Waals surface area contributed by atoms with E-state index in [2.05, 4.69) is 41.7 Å². The fraction of sp³-hybridized carbons (Fsp3) is 0.381. The van der Waals surface area contributed by atoms with Gasteiger partial charge in [0, 0.05) is 18.0 Å². The molecule has 0 atom stereocenters. The van der Waals surface area contributed by atoms with E-state index in [1.807, 2.05) is 12.1 Å². The summed E-state index contributed by atoms with van der Waals surface area (Å²) >= 11 is 0. The SMILES string of the molecule is NC12CC(CNC(=O)OCC3c4ccccc4-c4ccccc43)(C1)C2. The quantitative estimate of drug-likeness (QED) is 0.900. The van der Waals surface area contributed by atoms with Crippen molar-refractivity contribution in [3.8, 4) is 11.1 Å². The van der Waals surface area contributed by atoms with Crippen LogP contribution in [-0.4, -0.2) is 24.8 Å². The maximum Gasteiger partial charge on any atom is 0.407 e. The molecular formula is C21H22N2O2. The molecule has 0 aliphatic heterocycles. The van der Waals surface area contributed by atoms with Crippen molar-refractivity contribution in [1.29, 1.82) is 0 Å². The molecule has 3 fully saturated rings. The molecule has 2 bridgehead atoms. The third kappa shape index (κ3) is 2.28. The van der Waals surface area contributed by atoms with Crippen molar-refractivity contribution in [3.63, 3.8) is 0 Å². The van der Waals surface area contributed by atoms with E-state index in [0.717, 1.165) is 19.3 Å². The number of hydrogen-bond donors (Lipinski definition) is 2. The van der Waals surface area contributed by atoms with Gasteiger partial charge in [-0.2, -0.15) is 0 Å². The molecule has 0 radical (unpaired) electrons. The zero-order valence-electron chi connectivity index (χ0n) is 14.1. The molecular weight excluding hydrogens is 312 g/mol. The van der Waals surface area contributed by atoms with Crippen LogP contribution >= 0.6 is 0 Å². The van der Waals surface area contributed by atoms with Crippen LogP contribution in [0.1, 0.15) is 36.3 Å². The van der Waals surface area contributed by atoms with E-state index < -0.39 is 0 Å². The van der Waals surface area contributed by atoms with Crippen LogP contribution < -0.4 is 11.1 Å². The first-order chi connectivity index (χ1) is 12.1. The van der Waals surface area contributed by atoms with Crippen molar-refractivity contribution < 1.29 is 9.53 Å². The van der Waals surface area contributed by atoms with Gasteiger partial charge in [0.1, 0.15) is 6.61 Å². The number of amides is 1. The number of carbonyl (C=O) groups is 1. The maximum atomic E-state index is 12.1. The summed E-state index contributed by atoms with van der Waals surface area (Å²) in [6.07, 6.45) is 2.77. The van der Waals surface area contributed by atoms with Crippen LogP contribution in [0.15, 0.2) is 48.5 Å². The number of hydrogen-bond acceptors (Lipinski definition) is 3. The molecule has 4 aliphatic rings. The van der Waals surface area contributed by atoms with Crippen molar-refractivity contribution in [1.82, 2.24) is 5.32 Å². The van der Waals surface area contributed by atoms with Gasteiger partial charge in [0.2, 0.25) is 0 Å². The lowest BCUT2D eigenvalue weighted by Crippen LogP contribution is -2.74. The average Bonchev–Trinajstić information content (AvgIpc) is 2.89. The number of nitrogens with one attached hydrogen (secondary N) is 1. The molecule has 128 valence electrons. The molecule has 1 amide bonds. The molecule has 4 nitrogen and oxygen atoms in total. The molecule has 3 saturated carbocycles. The lowest BCUT2D eigenvalue weighted by molar-refractivity contribution is -0.126. The normalized spacial score (nSPS) is 28.4. The fourth-order valence-corrected chi connectivity index (χ4v) is 5.18. The summed E-state index contributed by atoms with van der Waals surface area (Å²) in [6, 6.07) is 16.7. The first kappa shape index (κ1) is 15.0. The number of alkyl carbamates (subject to hydrolysis) is 1. The minimum atomic E-state index is -0.322. The summed E-state index contributed by atoms with van der Waals surface area (Å²) in [6.45, 7) is 1.05. The molecule has 0 aromatic heterocycles. The smallest absolute Gasteiger partial charge is 0.407 e. The molecule has 3 N–H and O–H groups in total. The predicted octanol–water partition coefficient (Wildman–Crippen LogP) is 3.41. The highest BCUT2D eigenvalue weighted by Gasteiger charge is 2.65. The summed E-state index contributed by atoms with van der Waals surface area (Å²) in [5, 5.41) is 2.94. The first-order valence-corrected chi connectivity index (χ1v) is 8.95. The largest absolute Gasteiger partial charge is 0.449 e. The van der Waals surface area contributed by atoms with E-state index in [1.165, 1.54) is 22.3 Å². The molecule has 6 rings (SSSR count). The van der Waals surface area contributed by atoms with Gasteiger partial charge in [0.25, 0.3) is 0 Å². The van der Waals surface area contributed by atoms with Gasteiger partial charge in [-0.3, -0.25) is 0 Å². The Morgan fingerprint density at radius 1 is 1.04 bits per heavy atom. The topological polar surface area (TPSA) is 64.3 Å². The molecule has 4 aliphatic carbocycles. The van der Waals surface area contributed by atoms with Gasteiger partial charge in [0.15, 0.2) is 0 Å². The van der Waals surface area contributed by atoms with Gasteiger partial charge in [0.05, 0.1) is 0 Å². The van der Waals surface area contributed by atoms with E-state index >= 15 is 0 Å². The lowest BCUT2D eigenvalue weighted by atomic mass is 9.40. The van der Waals surface area contributed by atoms with Crippen LogP contribution in [-0.2, 0) is 4.74 Å². The summed E-state index contributed by atoms with van der Waals surface area (Å²) in [4.78, 5) is 12.1. The minimum Gasteiger partial charge on any atom is -0.449 e. The molecule has 0 spiro atoms. The zero-order chi connectivity index (χ0) is 17.1. The number of benzene rings is 2. The number of ether oxygens (including phenoxy) is 1. The molecule has 0 heterocycles. The highest BCUT2D eigenvalue weighted by atomic mass is 16.5. The number of fused-ring (bicyclic) bond motifs is 3.